The summed E-state index contributed by atoms with van der Waals surface area (Å²) in [6, 6.07) is 1.92. The molecule has 128 valence electrons. The molecule has 0 bridgehead atoms. The molecule has 1 amide bonds. The zero-order valence-corrected chi connectivity index (χ0v) is 14.3. The largest absolute Gasteiger partial charge is 0.339 e. The van der Waals surface area contributed by atoms with Crippen molar-refractivity contribution in [3.8, 4) is 0 Å². The van der Waals surface area contributed by atoms with E-state index in [4.69, 9.17) is 0 Å². The van der Waals surface area contributed by atoms with Crippen molar-refractivity contribution in [3.63, 3.8) is 0 Å². The van der Waals surface area contributed by atoms with Crippen LogP contribution in [0.1, 0.15) is 49.1 Å². The van der Waals surface area contributed by atoms with Crippen molar-refractivity contribution in [2.45, 2.75) is 58.4 Å². The van der Waals surface area contributed by atoms with Gasteiger partial charge in [-0.2, -0.15) is 0 Å². The molecule has 2 aliphatic rings. The number of carbonyl (C=O) groups is 1. The first-order valence-corrected chi connectivity index (χ1v) is 8.92. The minimum absolute atomic E-state index is 0.168. The maximum atomic E-state index is 12.9. The fraction of sp³-hybridized carbons (Fsp3) is 0.611. The predicted octanol–water partition coefficient (Wildman–Crippen LogP) is 1.97. The maximum absolute atomic E-state index is 12.9. The van der Waals surface area contributed by atoms with Gasteiger partial charge in [-0.25, -0.2) is 9.50 Å². The van der Waals surface area contributed by atoms with Gasteiger partial charge in [0.05, 0.1) is 6.42 Å². The average molecular weight is 328 g/mol. The normalized spacial score (nSPS) is 21.4. The van der Waals surface area contributed by atoms with E-state index in [0.717, 1.165) is 36.3 Å². The van der Waals surface area contributed by atoms with Gasteiger partial charge in [-0.3, -0.25) is 14.7 Å². The van der Waals surface area contributed by atoms with Crippen LogP contribution in [0.25, 0.3) is 5.65 Å². The number of H-pyrrole nitrogens is 1. The fourth-order valence-corrected chi connectivity index (χ4v) is 4.28. The lowest BCUT2D eigenvalue weighted by atomic mass is 9.78. The van der Waals surface area contributed by atoms with E-state index in [-0.39, 0.29) is 11.5 Å². The molecule has 1 aliphatic heterocycles. The summed E-state index contributed by atoms with van der Waals surface area (Å²) in [4.78, 5) is 31.1. The number of nitrogens with zero attached hydrogens (tertiary/aromatic N) is 3. The second-order valence-electron chi connectivity index (χ2n) is 7.24. The number of nitrogens with one attached hydrogen (secondary N) is 1. The Balaban J connectivity index is 1.61. The molecule has 1 N–H and O–H groups in total. The van der Waals surface area contributed by atoms with Crippen molar-refractivity contribution in [3.05, 3.63) is 33.4 Å². The second kappa shape index (κ2) is 5.76. The van der Waals surface area contributed by atoms with Crippen molar-refractivity contribution in [2.75, 3.05) is 6.54 Å². The third-order valence-corrected chi connectivity index (χ3v) is 5.84. The Bertz CT molecular complexity index is 847. The first-order chi connectivity index (χ1) is 11.5. The Morgan fingerprint density at radius 3 is 2.79 bits per heavy atom. The third kappa shape index (κ3) is 2.44. The Labute approximate surface area is 140 Å². The highest BCUT2D eigenvalue weighted by Crippen LogP contribution is 2.37. The highest BCUT2D eigenvalue weighted by atomic mass is 16.2. The van der Waals surface area contributed by atoms with Gasteiger partial charge in [0.15, 0.2) is 5.65 Å². The zero-order chi connectivity index (χ0) is 16.8. The lowest BCUT2D eigenvalue weighted by Gasteiger charge is -2.37. The molecule has 1 atom stereocenters. The molecule has 0 spiro atoms. The number of likely N-dealkylation sites (tertiary alicyclic amines) is 1. The van der Waals surface area contributed by atoms with E-state index in [1.54, 1.807) is 4.52 Å². The second-order valence-corrected chi connectivity index (χ2v) is 7.24. The van der Waals surface area contributed by atoms with Crippen LogP contribution in [0.3, 0.4) is 0 Å². The molecule has 2 aromatic heterocycles. The van der Waals surface area contributed by atoms with Crippen LogP contribution in [0.5, 0.6) is 0 Å². The summed E-state index contributed by atoms with van der Waals surface area (Å²) in [5.74, 6) is 0.909. The van der Waals surface area contributed by atoms with E-state index in [1.807, 2.05) is 13.8 Å². The molecule has 4 rings (SSSR count). The van der Waals surface area contributed by atoms with Gasteiger partial charge in [0.2, 0.25) is 5.91 Å². The molecule has 2 aromatic rings. The van der Waals surface area contributed by atoms with Gasteiger partial charge in [-0.1, -0.05) is 6.42 Å². The number of rotatable bonds is 3. The summed E-state index contributed by atoms with van der Waals surface area (Å²) < 4.78 is 1.69. The van der Waals surface area contributed by atoms with Crippen LogP contribution in [0, 0.1) is 19.8 Å². The van der Waals surface area contributed by atoms with Crippen molar-refractivity contribution < 1.29 is 4.79 Å². The Morgan fingerprint density at radius 2 is 2.08 bits per heavy atom. The molecule has 6 nitrogen and oxygen atoms in total. The van der Waals surface area contributed by atoms with Gasteiger partial charge >= 0.3 is 0 Å². The number of carbonyl (C=O) groups excluding carboxylic acids is 1. The van der Waals surface area contributed by atoms with Gasteiger partial charge in [0.25, 0.3) is 5.56 Å². The van der Waals surface area contributed by atoms with E-state index in [9.17, 15) is 9.59 Å². The molecule has 1 saturated carbocycles. The van der Waals surface area contributed by atoms with Crippen LogP contribution in [0.2, 0.25) is 0 Å². The topological polar surface area (TPSA) is 70.5 Å². The van der Waals surface area contributed by atoms with Crippen molar-refractivity contribution in [1.29, 1.82) is 0 Å². The average Bonchev–Trinajstić information content (AvgIpc) is 3.08. The van der Waals surface area contributed by atoms with Crippen LogP contribution >= 0.6 is 0 Å². The van der Waals surface area contributed by atoms with E-state index < -0.39 is 0 Å². The molecule has 0 radical (unpaired) electrons. The minimum Gasteiger partial charge on any atom is -0.339 e. The van der Waals surface area contributed by atoms with Gasteiger partial charge in [0, 0.05) is 35.6 Å². The monoisotopic (exact) mass is 328 g/mol. The van der Waals surface area contributed by atoms with Crippen molar-refractivity contribution in [1.82, 2.24) is 19.5 Å². The van der Waals surface area contributed by atoms with E-state index in [2.05, 4.69) is 15.0 Å². The number of aryl methyl sites for hydroxylation is 2. The number of aromatic amines is 1. The minimum atomic E-state index is -0.168. The summed E-state index contributed by atoms with van der Waals surface area (Å²) in [5.41, 5.74) is 3.10. The van der Waals surface area contributed by atoms with Gasteiger partial charge in [-0.15, -0.1) is 0 Å². The highest BCUT2D eigenvalue weighted by molar-refractivity contribution is 5.80. The molecule has 1 unspecified atom stereocenters. The first kappa shape index (κ1) is 15.4. The molecular weight excluding hydrogens is 304 g/mol. The standard InChI is InChI=1S/C18H24N4O2/c1-11-14(12(2)22-16(19-11)10-17(23)20-22)9-18(24)21-8-4-7-15(21)13-5-3-6-13/h10,13,15H,3-9H2,1-2H3,(H,20,23). The summed E-state index contributed by atoms with van der Waals surface area (Å²) in [7, 11) is 0. The van der Waals surface area contributed by atoms with Crippen molar-refractivity contribution in [2.24, 2.45) is 5.92 Å². The number of hydrogen-bond donors (Lipinski definition) is 1. The molecule has 3 heterocycles. The van der Waals surface area contributed by atoms with Crippen LogP contribution in [-0.2, 0) is 11.2 Å². The Kier molecular flexibility index (Phi) is 3.70. The number of amides is 1. The SMILES string of the molecule is Cc1nc2cc(=O)[nH]n2c(C)c1CC(=O)N1CCCC1C1CCC1. The highest BCUT2D eigenvalue weighted by Gasteiger charge is 2.37. The van der Waals surface area contributed by atoms with Crippen molar-refractivity contribution >= 4 is 11.6 Å². The summed E-state index contributed by atoms with van der Waals surface area (Å²) >= 11 is 0. The third-order valence-electron chi connectivity index (χ3n) is 5.84. The van der Waals surface area contributed by atoms with E-state index in [0.29, 0.717) is 24.0 Å². The molecule has 1 saturated heterocycles. The quantitative estimate of drug-likeness (QED) is 0.936. The predicted molar refractivity (Wildman–Crippen MR) is 91.1 cm³/mol. The number of hydrogen-bond acceptors (Lipinski definition) is 3. The molecule has 2 fully saturated rings. The summed E-state index contributed by atoms with van der Waals surface area (Å²) in [6.07, 6.45) is 6.48. The summed E-state index contributed by atoms with van der Waals surface area (Å²) in [5, 5.41) is 2.76. The maximum Gasteiger partial charge on any atom is 0.266 e. The van der Waals surface area contributed by atoms with Gasteiger partial charge in [0.1, 0.15) is 0 Å². The van der Waals surface area contributed by atoms with Gasteiger partial charge < -0.3 is 4.90 Å². The van der Waals surface area contributed by atoms with E-state index >= 15 is 0 Å². The molecular formula is C18H24N4O2. The number of fused-ring (bicyclic) bond motifs is 1. The molecule has 6 heteroatoms. The lowest BCUT2D eigenvalue weighted by Crippen LogP contribution is -2.43. The van der Waals surface area contributed by atoms with Crippen LogP contribution in [0.15, 0.2) is 10.9 Å². The summed E-state index contributed by atoms with van der Waals surface area (Å²) in [6.45, 7) is 4.74. The zero-order valence-electron chi connectivity index (χ0n) is 14.3. The van der Waals surface area contributed by atoms with Crippen LogP contribution in [0.4, 0.5) is 0 Å². The fourth-order valence-electron chi connectivity index (χ4n) is 4.28. The van der Waals surface area contributed by atoms with Crippen LogP contribution in [-0.4, -0.2) is 38.0 Å². The molecule has 24 heavy (non-hydrogen) atoms. The first-order valence-electron chi connectivity index (χ1n) is 8.92. The number of aromatic nitrogens is 3. The van der Waals surface area contributed by atoms with Gasteiger partial charge in [-0.05, 0) is 45.4 Å². The molecule has 0 aromatic carbocycles. The lowest BCUT2D eigenvalue weighted by molar-refractivity contribution is -0.132. The van der Waals surface area contributed by atoms with Crippen LogP contribution < -0.4 is 5.56 Å². The Morgan fingerprint density at radius 1 is 1.29 bits per heavy atom. The smallest absolute Gasteiger partial charge is 0.266 e. The molecule has 1 aliphatic carbocycles. The Hall–Kier alpha value is -2.11. The van der Waals surface area contributed by atoms with E-state index in [1.165, 1.54) is 25.3 Å².